The van der Waals surface area contributed by atoms with Gasteiger partial charge in [0.1, 0.15) is 11.6 Å². The van der Waals surface area contributed by atoms with E-state index >= 15 is 0 Å². The molecule has 0 aliphatic rings. The Morgan fingerprint density at radius 1 is 1.16 bits per heavy atom. The second-order valence-electron chi connectivity index (χ2n) is 4.06. The lowest BCUT2D eigenvalue weighted by atomic mass is 10.1. The Balaban J connectivity index is 2.03. The smallest absolute Gasteiger partial charge is 0.174 e. The van der Waals surface area contributed by atoms with E-state index in [9.17, 15) is 5.11 Å². The summed E-state index contributed by atoms with van der Waals surface area (Å²) >= 11 is 3.02. The second kappa shape index (κ2) is 5.19. The number of aryl methyl sites for hydroxylation is 1. The Morgan fingerprint density at radius 3 is 2.68 bits per heavy atom. The zero-order valence-corrected chi connectivity index (χ0v) is 12.0. The maximum absolute atomic E-state index is 9.87. The molecule has 3 nitrogen and oxygen atoms in total. The van der Waals surface area contributed by atoms with Gasteiger partial charge in [0, 0.05) is 16.7 Å². The summed E-state index contributed by atoms with van der Waals surface area (Å²) in [4.78, 5) is 5.55. The van der Waals surface area contributed by atoms with Crippen molar-refractivity contribution >= 4 is 34.1 Å². The number of rotatable bonds is 3. The largest absolute Gasteiger partial charge is 0.507 e. The first kappa shape index (κ1) is 12.4. The third-order valence-electron chi connectivity index (χ3n) is 2.82. The molecule has 0 aliphatic heterocycles. The van der Waals surface area contributed by atoms with Crippen LogP contribution in [0.15, 0.2) is 45.6 Å². The van der Waals surface area contributed by atoms with Crippen LogP contribution in [0.4, 0.5) is 0 Å². The highest BCUT2D eigenvalue weighted by Gasteiger charge is 2.09. The average Bonchev–Trinajstić information content (AvgIpc) is 2.90. The van der Waals surface area contributed by atoms with E-state index < -0.39 is 0 Å². The monoisotopic (exact) mass is 288 g/mol. The molecule has 1 N–H and O–H groups in total. The van der Waals surface area contributed by atoms with Gasteiger partial charge >= 0.3 is 0 Å². The lowest BCUT2D eigenvalue weighted by Crippen LogP contribution is -1.82. The van der Waals surface area contributed by atoms with Gasteiger partial charge in [-0.1, -0.05) is 43.0 Å². The van der Waals surface area contributed by atoms with Crippen molar-refractivity contribution in [3.05, 3.63) is 42.2 Å². The molecule has 3 aromatic rings. The lowest BCUT2D eigenvalue weighted by Gasteiger charge is -2.05. The number of hydrogen-bond acceptors (Lipinski definition) is 5. The number of nitrogens with zero attached hydrogens (tertiary/aromatic N) is 2. The molecule has 0 aliphatic carbocycles. The number of hydrogen-bond donors (Lipinski definition) is 1. The first-order valence-electron chi connectivity index (χ1n) is 5.99. The molecule has 3 rings (SSSR count). The van der Waals surface area contributed by atoms with E-state index in [1.54, 1.807) is 17.8 Å². The van der Waals surface area contributed by atoms with Crippen LogP contribution in [0.3, 0.4) is 0 Å². The van der Waals surface area contributed by atoms with Crippen LogP contribution >= 0.6 is 23.3 Å². The Kier molecular flexibility index (Phi) is 3.40. The summed E-state index contributed by atoms with van der Waals surface area (Å²) in [6.07, 6.45) is 0.855. The van der Waals surface area contributed by atoms with Crippen molar-refractivity contribution in [1.82, 2.24) is 9.36 Å². The maximum atomic E-state index is 9.87. The molecule has 5 heteroatoms. The zero-order valence-electron chi connectivity index (χ0n) is 10.3. The molecule has 0 unspecified atom stereocenters. The van der Waals surface area contributed by atoms with Crippen LogP contribution in [-0.4, -0.2) is 14.5 Å². The maximum Gasteiger partial charge on any atom is 0.174 e. The zero-order chi connectivity index (χ0) is 13.2. The Labute approximate surface area is 119 Å². The third kappa shape index (κ3) is 2.43. The fraction of sp³-hybridized carbons (Fsp3) is 0.143. The van der Waals surface area contributed by atoms with E-state index in [0.29, 0.717) is 5.75 Å². The van der Waals surface area contributed by atoms with Gasteiger partial charge < -0.3 is 5.11 Å². The molecule has 0 radical (unpaired) electrons. The summed E-state index contributed by atoms with van der Waals surface area (Å²) in [6.45, 7) is 2.05. The standard InChI is InChI=1S/C14H12N2OS2/c1-2-13-15-14(19-16-13)18-12-8-7-11(17)9-5-3-4-6-10(9)12/h3-8,17H,2H2,1H3. The van der Waals surface area contributed by atoms with Gasteiger partial charge in [0.05, 0.1) is 0 Å². The van der Waals surface area contributed by atoms with Gasteiger partial charge in [0.2, 0.25) is 0 Å². The van der Waals surface area contributed by atoms with Crippen molar-refractivity contribution in [2.45, 2.75) is 22.6 Å². The van der Waals surface area contributed by atoms with Gasteiger partial charge in [-0.05, 0) is 29.1 Å². The molecule has 0 saturated heterocycles. The minimum Gasteiger partial charge on any atom is -0.507 e. The highest BCUT2D eigenvalue weighted by atomic mass is 32.2. The second-order valence-corrected chi connectivity index (χ2v) is 6.10. The van der Waals surface area contributed by atoms with Crippen LogP contribution in [0.1, 0.15) is 12.7 Å². The van der Waals surface area contributed by atoms with Crippen LogP contribution in [-0.2, 0) is 6.42 Å². The Bertz CT molecular complexity index is 724. The Hall–Kier alpha value is -1.59. The number of phenols is 1. The molecule has 96 valence electrons. The van der Waals surface area contributed by atoms with Crippen molar-refractivity contribution in [2.24, 2.45) is 0 Å². The summed E-state index contributed by atoms with van der Waals surface area (Å²) < 4.78 is 5.23. The van der Waals surface area contributed by atoms with Crippen LogP contribution in [0, 0.1) is 0 Å². The summed E-state index contributed by atoms with van der Waals surface area (Å²) in [5, 5.41) is 11.8. The minimum absolute atomic E-state index is 0.312. The van der Waals surface area contributed by atoms with E-state index in [-0.39, 0.29) is 0 Å². The van der Waals surface area contributed by atoms with Gasteiger partial charge in [-0.15, -0.1) is 0 Å². The quantitative estimate of drug-likeness (QED) is 0.788. The molecular formula is C14H12N2OS2. The number of benzene rings is 2. The van der Waals surface area contributed by atoms with E-state index in [1.807, 2.05) is 37.3 Å². The molecule has 0 spiro atoms. The first-order chi connectivity index (χ1) is 9.28. The molecule has 0 fully saturated rings. The molecule has 2 aromatic carbocycles. The van der Waals surface area contributed by atoms with Gasteiger partial charge in [-0.2, -0.15) is 4.37 Å². The van der Waals surface area contributed by atoms with Crippen LogP contribution in [0.25, 0.3) is 10.8 Å². The molecule has 0 amide bonds. The molecular weight excluding hydrogens is 276 g/mol. The van der Waals surface area contributed by atoms with Gasteiger partial charge in [-0.25, -0.2) is 4.98 Å². The highest BCUT2D eigenvalue weighted by Crippen LogP contribution is 2.37. The minimum atomic E-state index is 0.312. The SMILES string of the molecule is CCc1nsc(Sc2ccc(O)c3ccccc23)n1. The number of aromatic nitrogens is 2. The van der Waals surface area contributed by atoms with E-state index in [4.69, 9.17) is 0 Å². The molecule has 0 bridgehead atoms. The van der Waals surface area contributed by atoms with Gasteiger partial charge in [0.15, 0.2) is 4.34 Å². The normalized spacial score (nSPS) is 11.0. The molecule has 0 atom stereocenters. The molecule has 19 heavy (non-hydrogen) atoms. The topological polar surface area (TPSA) is 46.0 Å². The lowest BCUT2D eigenvalue weighted by molar-refractivity contribution is 0.481. The predicted octanol–water partition coefficient (Wildman–Crippen LogP) is 4.11. The van der Waals surface area contributed by atoms with Crippen molar-refractivity contribution in [3.63, 3.8) is 0 Å². The summed E-state index contributed by atoms with van der Waals surface area (Å²) in [7, 11) is 0. The first-order valence-corrected chi connectivity index (χ1v) is 7.58. The van der Waals surface area contributed by atoms with E-state index in [2.05, 4.69) is 9.36 Å². The average molecular weight is 288 g/mol. The van der Waals surface area contributed by atoms with Gasteiger partial charge in [0.25, 0.3) is 0 Å². The van der Waals surface area contributed by atoms with Crippen molar-refractivity contribution in [1.29, 1.82) is 0 Å². The Morgan fingerprint density at radius 2 is 1.95 bits per heavy atom. The summed E-state index contributed by atoms with van der Waals surface area (Å²) in [5.74, 6) is 1.20. The molecule has 1 aromatic heterocycles. The number of fused-ring (bicyclic) bond motifs is 1. The van der Waals surface area contributed by atoms with E-state index in [1.165, 1.54) is 11.5 Å². The van der Waals surface area contributed by atoms with Crippen LogP contribution in [0.5, 0.6) is 5.75 Å². The summed E-state index contributed by atoms with van der Waals surface area (Å²) in [5.41, 5.74) is 0. The van der Waals surface area contributed by atoms with E-state index in [0.717, 1.165) is 32.3 Å². The fourth-order valence-corrected chi connectivity index (χ4v) is 3.65. The van der Waals surface area contributed by atoms with Crippen LogP contribution < -0.4 is 0 Å². The summed E-state index contributed by atoms with van der Waals surface area (Å²) in [6, 6.07) is 11.5. The number of aromatic hydroxyl groups is 1. The molecule has 1 heterocycles. The van der Waals surface area contributed by atoms with Crippen molar-refractivity contribution < 1.29 is 5.11 Å². The molecule has 0 saturated carbocycles. The van der Waals surface area contributed by atoms with Crippen molar-refractivity contribution in [2.75, 3.05) is 0 Å². The fourth-order valence-electron chi connectivity index (χ4n) is 1.86. The van der Waals surface area contributed by atoms with Gasteiger partial charge in [-0.3, -0.25) is 0 Å². The van der Waals surface area contributed by atoms with Crippen LogP contribution in [0.2, 0.25) is 0 Å². The third-order valence-corrected chi connectivity index (χ3v) is 4.69. The highest BCUT2D eigenvalue weighted by molar-refractivity contribution is 8.01. The number of phenolic OH excluding ortho intramolecular Hbond substituents is 1. The predicted molar refractivity (Wildman–Crippen MR) is 79.0 cm³/mol. The van der Waals surface area contributed by atoms with Crippen molar-refractivity contribution in [3.8, 4) is 5.75 Å².